The molecule has 1 aliphatic heterocycles. The number of piperidine rings is 1. The molecule has 1 saturated heterocycles. The molecule has 3 heteroatoms. The van der Waals surface area contributed by atoms with Crippen LogP contribution in [0.15, 0.2) is 30.3 Å². The van der Waals surface area contributed by atoms with Crippen LogP contribution in [0.1, 0.15) is 18.4 Å². The lowest BCUT2D eigenvalue weighted by Gasteiger charge is -2.22. The van der Waals surface area contributed by atoms with E-state index in [-0.39, 0.29) is 0 Å². The summed E-state index contributed by atoms with van der Waals surface area (Å²) in [6.07, 6.45) is 6.79. The summed E-state index contributed by atoms with van der Waals surface area (Å²) < 4.78 is 5.78. The number of hydrogen-bond donors (Lipinski definition) is 1. The zero-order chi connectivity index (χ0) is 11.9. The molecule has 2 nitrogen and oxygen atoms in total. The van der Waals surface area contributed by atoms with E-state index in [0.29, 0.717) is 12.7 Å². The van der Waals surface area contributed by atoms with E-state index in [1.54, 1.807) is 0 Å². The van der Waals surface area contributed by atoms with Gasteiger partial charge in [0.25, 0.3) is 0 Å². The number of benzene rings is 1. The quantitative estimate of drug-likeness (QED) is 0.888. The molecule has 1 aromatic carbocycles. The fraction of sp³-hybridized carbons (Fsp3) is 0.429. The Morgan fingerprint density at radius 1 is 1.24 bits per heavy atom. The second-order valence-corrected chi connectivity index (χ2v) is 4.67. The predicted molar refractivity (Wildman–Crippen MR) is 72.3 cm³/mol. The molecule has 0 atom stereocenters. The van der Waals surface area contributed by atoms with E-state index < -0.39 is 0 Å². The summed E-state index contributed by atoms with van der Waals surface area (Å²) in [6.45, 7) is 2.84. The van der Waals surface area contributed by atoms with Crippen LogP contribution in [0.4, 0.5) is 0 Å². The lowest BCUT2D eigenvalue weighted by atomic mass is 10.1. The first-order chi connectivity index (χ1) is 8.34. The molecule has 0 saturated carbocycles. The number of rotatable bonds is 4. The van der Waals surface area contributed by atoms with Crippen LogP contribution < -0.4 is 5.32 Å². The maximum Gasteiger partial charge on any atom is 0.0654 e. The molecule has 0 bridgehead atoms. The van der Waals surface area contributed by atoms with Crippen molar-refractivity contribution in [1.29, 1.82) is 0 Å². The molecule has 1 aliphatic rings. The van der Waals surface area contributed by atoms with Crippen LogP contribution >= 0.6 is 11.6 Å². The van der Waals surface area contributed by atoms with Crippen LogP contribution in [0.5, 0.6) is 0 Å². The third-order valence-electron chi connectivity index (χ3n) is 2.89. The molecule has 0 aliphatic carbocycles. The van der Waals surface area contributed by atoms with Crippen molar-refractivity contribution in [3.05, 3.63) is 40.9 Å². The Morgan fingerprint density at radius 3 is 2.65 bits per heavy atom. The highest BCUT2D eigenvalue weighted by atomic mass is 35.5. The smallest absolute Gasteiger partial charge is 0.0654 e. The van der Waals surface area contributed by atoms with Crippen LogP contribution in [-0.2, 0) is 4.74 Å². The lowest BCUT2D eigenvalue weighted by molar-refractivity contribution is 0.0518. The Labute approximate surface area is 108 Å². The van der Waals surface area contributed by atoms with Gasteiger partial charge in [0.05, 0.1) is 12.7 Å². The highest BCUT2D eigenvalue weighted by Gasteiger charge is 2.11. The van der Waals surface area contributed by atoms with Crippen LogP contribution in [0.2, 0.25) is 5.02 Å². The second-order valence-electron chi connectivity index (χ2n) is 4.24. The van der Waals surface area contributed by atoms with E-state index in [4.69, 9.17) is 16.3 Å². The summed E-state index contributed by atoms with van der Waals surface area (Å²) >= 11 is 5.82. The van der Waals surface area contributed by atoms with Crippen LogP contribution in [-0.4, -0.2) is 25.8 Å². The normalized spacial score (nSPS) is 17.7. The molecule has 17 heavy (non-hydrogen) atoms. The first-order valence-corrected chi connectivity index (χ1v) is 6.47. The van der Waals surface area contributed by atoms with Crippen molar-refractivity contribution < 1.29 is 4.74 Å². The summed E-state index contributed by atoms with van der Waals surface area (Å²) in [6, 6.07) is 7.80. The van der Waals surface area contributed by atoms with E-state index in [1.807, 2.05) is 24.3 Å². The molecule has 92 valence electrons. The number of halogens is 1. The number of nitrogens with one attached hydrogen (secondary N) is 1. The number of hydrogen-bond acceptors (Lipinski definition) is 2. The minimum absolute atomic E-state index is 0.422. The van der Waals surface area contributed by atoms with Gasteiger partial charge in [0.15, 0.2) is 0 Å². The predicted octanol–water partition coefficient (Wildman–Crippen LogP) is 3.12. The minimum atomic E-state index is 0.422. The monoisotopic (exact) mass is 251 g/mol. The maximum atomic E-state index is 5.82. The number of ether oxygens (including phenoxy) is 1. The molecular weight excluding hydrogens is 234 g/mol. The molecule has 1 aromatic rings. The molecule has 1 N–H and O–H groups in total. The van der Waals surface area contributed by atoms with E-state index >= 15 is 0 Å². The zero-order valence-corrected chi connectivity index (χ0v) is 10.6. The average Bonchev–Trinajstić information content (AvgIpc) is 2.38. The molecule has 1 heterocycles. The van der Waals surface area contributed by atoms with Gasteiger partial charge in [0, 0.05) is 5.02 Å². The van der Waals surface area contributed by atoms with Gasteiger partial charge in [-0.15, -0.1) is 0 Å². The van der Waals surface area contributed by atoms with Crippen molar-refractivity contribution in [2.45, 2.75) is 18.9 Å². The van der Waals surface area contributed by atoms with Crippen molar-refractivity contribution in [1.82, 2.24) is 5.32 Å². The van der Waals surface area contributed by atoms with E-state index in [0.717, 1.165) is 36.5 Å². The third-order valence-corrected chi connectivity index (χ3v) is 3.15. The van der Waals surface area contributed by atoms with Gasteiger partial charge in [-0.3, -0.25) is 0 Å². The molecule has 0 amide bonds. The van der Waals surface area contributed by atoms with Gasteiger partial charge in [-0.2, -0.15) is 0 Å². The van der Waals surface area contributed by atoms with Gasteiger partial charge >= 0.3 is 0 Å². The second kappa shape index (κ2) is 6.80. The molecule has 0 spiro atoms. The molecule has 2 rings (SSSR count). The van der Waals surface area contributed by atoms with Crippen molar-refractivity contribution >= 4 is 17.7 Å². The zero-order valence-electron chi connectivity index (χ0n) is 9.86. The third kappa shape index (κ3) is 4.50. The maximum absolute atomic E-state index is 5.82. The van der Waals surface area contributed by atoms with Crippen LogP contribution in [0, 0.1) is 0 Å². The highest BCUT2D eigenvalue weighted by Crippen LogP contribution is 2.11. The summed E-state index contributed by atoms with van der Waals surface area (Å²) in [5.41, 5.74) is 1.16. The van der Waals surface area contributed by atoms with Gasteiger partial charge in [-0.25, -0.2) is 0 Å². The topological polar surface area (TPSA) is 21.3 Å². The Kier molecular flexibility index (Phi) is 5.05. The van der Waals surface area contributed by atoms with Crippen LogP contribution in [0.25, 0.3) is 6.08 Å². The first kappa shape index (κ1) is 12.6. The fourth-order valence-electron chi connectivity index (χ4n) is 1.91. The van der Waals surface area contributed by atoms with Gasteiger partial charge in [0.1, 0.15) is 0 Å². The largest absolute Gasteiger partial charge is 0.374 e. The van der Waals surface area contributed by atoms with E-state index in [9.17, 15) is 0 Å². The van der Waals surface area contributed by atoms with Crippen molar-refractivity contribution in [2.24, 2.45) is 0 Å². The summed E-state index contributed by atoms with van der Waals surface area (Å²) in [5.74, 6) is 0. The Bertz CT molecular complexity index is 355. The van der Waals surface area contributed by atoms with Crippen molar-refractivity contribution in [2.75, 3.05) is 19.7 Å². The molecule has 1 fully saturated rings. The summed E-state index contributed by atoms with van der Waals surface area (Å²) in [4.78, 5) is 0. The van der Waals surface area contributed by atoms with Gasteiger partial charge < -0.3 is 10.1 Å². The van der Waals surface area contributed by atoms with E-state index in [1.165, 1.54) is 0 Å². The molecule has 0 radical (unpaired) electrons. The Morgan fingerprint density at radius 2 is 1.94 bits per heavy atom. The van der Waals surface area contributed by atoms with Gasteiger partial charge in [-0.1, -0.05) is 35.9 Å². The van der Waals surface area contributed by atoms with Gasteiger partial charge in [-0.05, 0) is 43.6 Å². The molecule has 0 aromatic heterocycles. The summed E-state index contributed by atoms with van der Waals surface area (Å²) in [7, 11) is 0. The van der Waals surface area contributed by atoms with E-state index in [2.05, 4.69) is 17.5 Å². The SMILES string of the molecule is Clc1ccc(C=CCOC2CCNCC2)cc1. The Hall–Kier alpha value is -0.830. The fourth-order valence-corrected chi connectivity index (χ4v) is 2.04. The molecular formula is C14H18ClNO. The van der Waals surface area contributed by atoms with Crippen molar-refractivity contribution in [3.63, 3.8) is 0 Å². The summed E-state index contributed by atoms with van der Waals surface area (Å²) in [5, 5.41) is 4.10. The van der Waals surface area contributed by atoms with Crippen molar-refractivity contribution in [3.8, 4) is 0 Å². The minimum Gasteiger partial charge on any atom is -0.374 e. The highest BCUT2D eigenvalue weighted by molar-refractivity contribution is 6.30. The first-order valence-electron chi connectivity index (χ1n) is 6.09. The average molecular weight is 252 g/mol. The standard InChI is InChI=1S/C14H18ClNO/c15-13-5-3-12(4-6-13)2-1-11-17-14-7-9-16-10-8-14/h1-6,14,16H,7-11H2. The van der Waals surface area contributed by atoms with Crippen LogP contribution in [0.3, 0.4) is 0 Å². The lowest BCUT2D eigenvalue weighted by Crippen LogP contribution is -2.32. The Balaban J connectivity index is 1.72. The van der Waals surface area contributed by atoms with Gasteiger partial charge in [0.2, 0.25) is 0 Å². The molecule has 0 unspecified atom stereocenters.